The van der Waals surface area contributed by atoms with Crippen molar-refractivity contribution in [3.05, 3.63) is 93.0 Å². The van der Waals surface area contributed by atoms with Crippen LogP contribution in [0, 0.1) is 17.6 Å². The van der Waals surface area contributed by atoms with Crippen LogP contribution in [0.15, 0.2) is 42.5 Å². The first-order valence-corrected chi connectivity index (χ1v) is 26.4. The molecule has 1 aliphatic carbocycles. The molecule has 2 amide bonds. The number of hydrogen-bond acceptors (Lipinski definition) is 13. The number of carbonyl (C=O) groups is 4. The highest BCUT2D eigenvalue weighted by Gasteiger charge is 2.57. The maximum atomic E-state index is 15.8. The van der Waals surface area contributed by atoms with Gasteiger partial charge in [0.1, 0.15) is 30.4 Å². The third-order valence-corrected chi connectivity index (χ3v) is 16.3. The fourth-order valence-electron chi connectivity index (χ4n) is 8.50. The minimum atomic E-state index is -5.31. The van der Waals surface area contributed by atoms with Crippen molar-refractivity contribution in [2.45, 2.75) is 107 Å². The Morgan fingerprint density at radius 3 is 2.03 bits per heavy atom. The molecule has 3 heterocycles. The topological polar surface area (TPSA) is 270 Å². The molecule has 0 radical (unpaired) electrons. The Balaban J connectivity index is 1.65. The van der Waals surface area contributed by atoms with E-state index < -0.39 is 188 Å². The Hall–Kier alpha value is -6.60. The van der Waals surface area contributed by atoms with Crippen molar-refractivity contribution < 1.29 is 100.0 Å². The summed E-state index contributed by atoms with van der Waals surface area (Å²) in [4.78, 5) is 55.9. The first-order chi connectivity index (χ1) is 35.2. The second kappa shape index (κ2) is 21.0. The second-order valence-electron chi connectivity index (χ2n) is 18.7. The summed E-state index contributed by atoms with van der Waals surface area (Å²) >= 11 is 6.55. The van der Waals surface area contributed by atoms with Gasteiger partial charge < -0.3 is 25.4 Å². The number of nitrogens with one attached hydrogen (secondary N) is 1. The van der Waals surface area contributed by atoms with Crippen LogP contribution in [0.2, 0.25) is 5.02 Å². The highest BCUT2D eigenvalue weighted by molar-refractivity contribution is 7.92. The number of aliphatic hydroxyl groups is 1. The molecule has 2 aromatic carbocycles. The van der Waals surface area contributed by atoms with Gasteiger partial charge in [-0.05, 0) is 68.9 Å². The number of aliphatic hydroxyl groups excluding tert-OH is 1. The number of pyridine rings is 1. The Labute approximate surface area is 434 Å². The Bertz CT molecular complexity index is 3410. The lowest BCUT2D eigenvalue weighted by molar-refractivity contribution is -0.165. The van der Waals surface area contributed by atoms with Crippen molar-refractivity contribution in [2.24, 2.45) is 5.92 Å². The van der Waals surface area contributed by atoms with Crippen molar-refractivity contribution in [3.63, 3.8) is 0 Å². The minimum Gasteiger partial charge on any atom is -0.479 e. The van der Waals surface area contributed by atoms with Gasteiger partial charge in [-0.25, -0.2) is 40.0 Å². The number of aliphatic carboxylic acids is 2. The standard InChI is InChI=1S/C45H44ClF10N7O12S2/c1-19-20(2)44(52,53)37-30(19)36(45(54,55)56)59-61(37)17-29(64)58-28(15-21-13-22(47)16-23(48)14-21)32-25(8-7-24(57-32)11-12-42(3,4)76(5,71)72)26-9-10-27(46)31-33(26)62(18-43(49,50)51)60-38(31)63(77(6,73)74)41(70)75-35(40(68)69)34(65)39(66)67/h7-10,13-14,16,19-20,28,34-35,65H,11-12,15,17-18H2,1-6H3,(H,58,64)(H,66,67)(H,68,69)/t19-,20+,28-,34-,35-/m0/s1. The number of ether oxygens (including phenoxy) is 1. The van der Waals surface area contributed by atoms with Gasteiger partial charge in [0.05, 0.1) is 38.7 Å². The number of amides is 2. The summed E-state index contributed by atoms with van der Waals surface area (Å²) in [6.45, 7) is 1.23. The summed E-state index contributed by atoms with van der Waals surface area (Å²) in [7, 11) is -9.08. The predicted molar refractivity (Wildman–Crippen MR) is 250 cm³/mol. The van der Waals surface area contributed by atoms with Crippen LogP contribution in [0.4, 0.5) is 54.5 Å². The lowest BCUT2D eigenvalue weighted by Gasteiger charge is -2.25. The molecule has 4 N–H and O–H groups in total. The average Bonchev–Trinajstić information content (AvgIpc) is 3.89. The van der Waals surface area contributed by atoms with Crippen molar-refractivity contribution in [3.8, 4) is 11.1 Å². The molecule has 5 aromatic rings. The zero-order valence-corrected chi connectivity index (χ0v) is 43.0. The number of carboxylic acid groups (broad SMARTS) is 2. The number of fused-ring (bicyclic) bond motifs is 2. The normalized spacial score (nSPS) is 17.2. The molecule has 0 spiro atoms. The van der Waals surface area contributed by atoms with Crippen LogP contribution >= 0.6 is 11.6 Å². The van der Waals surface area contributed by atoms with E-state index in [0.29, 0.717) is 6.07 Å². The molecule has 0 fully saturated rings. The van der Waals surface area contributed by atoms with Crippen molar-refractivity contribution >= 4 is 72.1 Å². The van der Waals surface area contributed by atoms with Crippen molar-refractivity contribution in [1.82, 2.24) is 29.9 Å². The first-order valence-electron chi connectivity index (χ1n) is 22.3. The Morgan fingerprint density at radius 1 is 0.896 bits per heavy atom. The molecular formula is C45H44ClF10N7O12S2. The first kappa shape index (κ1) is 59.6. The van der Waals surface area contributed by atoms with Crippen LogP contribution in [-0.4, -0.2) is 116 Å². The van der Waals surface area contributed by atoms with Crippen LogP contribution in [-0.2, 0) is 77.0 Å². The van der Waals surface area contributed by atoms with Gasteiger partial charge in [0.2, 0.25) is 22.0 Å². The fourth-order valence-corrected chi connectivity index (χ4v) is 9.97. The molecule has 77 heavy (non-hydrogen) atoms. The number of sulfonamides is 1. The molecule has 5 atom stereocenters. The number of alkyl halides is 8. The lowest BCUT2D eigenvalue weighted by Crippen LogP contribution is -2.47. The van der Waals surface area contributed by atoms with E-state index in [4.69, 9.17) is 11.6 Å². The number of nitrogens with zero attached hydrogens (tertiary/aromatic N) is 6. The van der Waals surface area contributed by atoms with Crippen molar-refractivity contribution in [2.75, 3.05) is 16.8 Å². The van der Waals surface area contributed by atoms with Gasteiger partial charge in [0, 0.05) is 40.6 Å². The van der Waals surface area contributed by atoms with Gasteiger partial charge >= 0.3 is 30.4 Å². The van der Waals surface area contributed by atoms with Gasteiger partial charge in [-0.2, -0.15) is 49.6 Å². The Morgan fingerprint density at radius 2 is 1.49 bits per heavy atom. The predicted octanol–water partition coefficient (Wildman–Crippen LogP) is 7.31. The van der Waals surface area contributed by atoms with E-state index in [1.165, 1.54) is 19.9 Å². The molecular weight excluding hydrogens is 1120 g/mol. The van der Waals surface area contributed by atoms with Gasteiger partial charge in [0.25, 0.3) is 5.92 Å². The fraction of sp³-hybridized carbons (Fsp3) is 0.444. The van der Waals surface area contributed by atoms with Gasteiger partial charge in [0.15, 0.2) is 27.5 Å². The highest BCUT2D eigenvalue weighted by atomic mass is 35.5. The number of aromatic nitrogens is 5. The largest absolute Gasteiger partial charge is 0.479 e. The Kier molecular flexibility index (Phi) is 16.3. The minimum absolute atomic E-state index is 0.0512. The summed E-state index contributed by atoms with van der Waals surface area (Å²) in [6.07, 6.45) is -19.1. The number of carbonyl (C=O) groups excluding carboxylic acids is 2. The summed E-state index contributed by atoms with van der Waals surface area (Å²) in [5, 5.41) is 36.6. The second-order valence-corrected chi connectivity index (χ2v) is 23.6. The molecule has 6 rings (SSSR count). The molecule has 19 nitrogen and oxygen atoms in total. The number of rotatable bonds is 18. The maximum Gasteiger partial charge on any atom is 0.435 e. The van der Waals surface area contributed by atoms with Crippen LogP contribution in [0.1, 0.15) is 80.0 Å². The molecule has 3 aromatic heterocycles. The third kappa shape index (κ3) is 12.4. The molecule has 0 saturated carbocycles. The molecule has 0 saturated heterocycles. The summed E-state index contributed by atoms with van der Waals surface area (Å²) in [5.41, 5.74) is -6.51. The maximum absolute atomic E-state index is 15.8. The number of aryl methyl sites for hydroxylation is 1. The smallest absolute Gasteiger partial charge is 0.435 e. The van der Waals surface area contributed by atoms with Crippen LogP contribution in [0.25, 0.3) is 22.0 Å². The van der Waals surface area contributed by atoms with E-state index in [1.807, 2.05) is 0 Å². The third-order valence-electron chi connectivity index (χ3n) is 12.8. The molecule has 32 heteroatoms. The van der Waals surface area contributed by atoms with Gasteiger partial charge in [-0.3, -0.25) is 19.1 Å². The summed E-state index contributed by atoms with van der Waals surface area (Å²) < 4.78 is 203. The number of hydrogen-bond donors (Lipinski definition) is 4. The van der Waals surface area contributed by atoms with E-state index >= 15 is 8.78 Å². The van der Waals surface area contributed by atoms with Gasteiger partial charge in [-0.15, -0.1) is 0 Å². The van der Waals surface area contributed by atoms with Crippen molar-refractivity contribution in [1.29, 1.82) is 0 Å². The lowest BCUT2D eigenvalue weighted by atomic mass is 9.93. The van der Waals surface area contributed by atoms with E-state index in [-0.39, 0.29) is 39.7 Å². The van der Waals surface area contributed by atoms with E-state index in [0.717, 1.165) is 50.4 Å². The monoisotopic (exact) mass is 1160 g/mol. The summed E-state index contributed by atoms with van der Waals surface area (Å²) in [5.74, 6) is -16.9. The van der Waals surface area contributed by atoms with E-state index in [2.05, 4.69) is 25.2 Å². The van der Waals surface area contributed by atoms with Crippen LogP contribution in [0.5, 0.6) is 0 Å². The van der Waals surface area contributed by atoms with E-state index in [1.54, 1.807) is 0 Å². The van der Waals surface area contributed by atoms with Crippen LogP contribution in [0.3, 0.4) is 0 Å². The van der Waals surface area contributed by atoms with Crippen LogP contribution < -0.4 is 9.62 Å². The molecule has 0 aliphatic heterocycles. The highest BCUT2D eigenvalue weighted by Crippen LogP contribution is 2.55. The number of carboxylic acids is 2. The van der Waals surface area contributed by atoms with E-state index in [9.17, 15) is 86.5 Å². The zero-order chi connectivity index (χ0) is 58.0. The molecule has 0 unspecified atom stereocenters. The SMILES string of the molecule is C[C@@H]1c2c(C(F)(F)F)nn(CC(=O)N[C@@H](Cc3cc(F)cc(F)c3)c3nc(CCC(C)(C)S(C)(=O)=O)ccc3-c3ccc(Cl)c4c(N(C(=O)O[C@H](C(=O)O)[C@H](O)C(=O)O)S(C)(=O)=O)nn(CC(F)(F)F)c34)c2C(F)(F)[C@@H]1C. The summed E-state index contributed by atoms with van der Waals surface area (Å²) in [6, 6.07) is 4.31. The molecule has 420 valence electrons. The molecule has 1 aliphatic rings. The number of anilines is 1. The zero-order valence-electron chi connectivity index (χ0n) is 40.6. The number of sulfone groups is 1. The molecule has 0 bridgehead atoms. The number of benzene rings is 2. The number of halogens is 11. The average molecular weight is 1160 g/mol. The quantitative estimate of drug-likeness (QED) is 0.0627. The van der Waals surface area contributed by atoms with Gasteiger partial charge in [-0.1, -0.05) is 37.6 Å².